The lowest BCUT2D eigenvalue weighted by molar-refractivity contribution is -0.122. The average Bonchev–Trinajstić information content (AvgIpc) is 2.60. The molecule has 0 fully saturated rings. The Morgan fingerprint density at radius 2 is 2.00 bits per heavy atom. The Bertz CT molecular complexity index is 1010. The molecule has 2 aromatic carbocycles. The third kappa shape index (κ3) is 3.94. The van der Waals surface area contributed by atoms with E-state index >= 15 is 0 Å². The second kappa shape index (κ2) is 7.44. The molecule has 5 nitrogen and oxygen atoms in total. The van der Waals surface area contributed by atoms with Gasteiger partial charge in [-0.15, -0.1) is 0 Å². The Balaban J connectivity index is 1.77. The van der Waals surface area contributed by atoms with Crippen molar-refractivity contribution in [1.82, 2.24) is 0 Å². The Labute approximate surface area is 151 Å². The van der Waals surface area contributed by atoms with E-state index in [4.69, 9.17) is 9.15 Å². The van der Waals surface area contributed by atoms with E-state index in [9.17, 15) is 9.59 Å². The smallest absolute Gasteiger partial charge is 0.336 e. The van der Waals surface area contributed by atoms with E-state index in [1.807, 2.05) is 44.2 Å². The number of aryl methyl sites for hydroxylation is 2. The molecule has 0 spiro atoms. The zero-order valence-electron chi connectivity index (χ0n) is 15.0. The van der Waals surface area contributed by atoms with Crippen molar-refractivity contribution >= 4 is 22.6 Å². The van der Waals surface area contributed by atoms with Gasteiger partial charge in [0.25, 0.3) is 5.91 Å². The van der Waals surface area contributed by atoms with Gasteiger partial charge in [0, 0.05) is 23.2 Å². The fourth-order valence-electron chi connectivity index (χ4n) is 2.80. The fraction of sp³-hybridized carbons (Fsp3) is 0.238. The predicted molar refractivity (Wildman–Crippen MR) is 102 cm³/mol. The quantitative estimate of drug-likeness (QED) is 0.704. The Morgan fingerprint density at radius 3 is 2.73 bits per heavy atom. The molecule has 1 N–H and O–H groups in total. The molecule has 26 heavy (non-hydrogen) atoms. The SMILES string of the molecule is CCc1cc(=O)oc2cc(O[C@H](C)C(=O)Nc3cccc(C)c3)ccc12. The number of rotatable bonds is 5. The summed E-state index contributed by atoms with van der Waals surface area (Å²) >= 11 is 0. The molecule has 0 bridgehead atoms. The summed E-state index contributed by atoms with van der Waals surface area (Å²) in [5.41, 5.74) is 2.78. The standard InChI is InChI=1S/C21H21NO4/c1-4-15-11-20(23)26-19-12-17(8-9-18(15)19)25-14(3)21(24)22-16-7-5-6-13(2)10-16/h5-12,14H,4H2,1-3H3,(H,22,24)/t14-/m1/s1. The van der Waals surface area contributed by atoms with Crippen LogP contribution in [0.4, 0.5) is 5.69 Å². The summed E-state index contributed by atoms with van der Waals surface area (Å²) in [7, 11) is 0. The molecule has 1 aromatic heterocycles. The first-order chi connectivity index (χ1) is 12.5. The van der Waals surface area contributed by atoms with E-state index < -0.39 is 11.7 Å². The van der Waals surface area contributed by atoms with Gasteiger partial charge < -0.3 is 14.5 Å². The topological polar surface area (TPSA) is 68.5 Å². The maximum Gasteiger partial charge on any atom is 0.336 e. The Morgan fingerprint density at radius 1 is 1.19 bits per heavy atom. The number of benzene rings is 2. The van der Waals surface area contributed by atoms with Gasteiger partial charge in [-0.2, -0.15) is 0 Å². The summed E-state index contributed by atoms with van der Waals surface area (Å²) in [6.45, 7) is 5.62. The zero-order valence-corrected chi connectivity index (χ0v) is 15.0. The van der Waals surface area contributed by atoms with Crippen molar-refractivity contribution in [3.05, 3.63) is 70.1 Å². The molecule has 0 saturated heterocycles. The highest BCUT2D eigenvalue weighted by Gasteiger charge is 2.16. The molecule has 3 aromatic rings. The van der Waals surface area contributed by atoms with Crippen molar-refractivity contribution < 1.29 is 13.9 Å². The molecule has 0 unspecified atom stereocenters. The van der Waals surface area contributed by atoms with E-state index in [0.29, 0.717) is 11.3 Å². The number of hydrogen-bond acceptors (Lipinski definition) is 4. The molecule has 1 amide bonds. The molecular weight excluding hydrogens is 330 g/mol. The lowest BCUT2D eigenvalue weighted by Crippen LogP contribution is -2.30. The van der Waals surface area contributed by atoms with Gasteiger partial charge >= 0.3 is 5.63 Å². The van der Waals surface area contributed by atoms with E-state index in [1.54, 1.807) is 19.1 Å². The number of anilines is 1. The van der Waals surface area contributed by atoms with Gasteiger partial charge in [-0.25, -0.2) is 4.79 Å². The number of amides is 1. The van der Waals surface area contributed by atoms with Crippen LogP contribution in [0.25, 0.3) is 11.0 Å². The van der Waals surface area contributed by atoms with Gasteiger partial charge in [-0.3, -0.25) is 4.79 Å². The number of hydrogen-bond donors (Lipinski definition) is 1. The van der Waals surface area contributed by atoms with E-state index in [1.165, 1.54) is 6.07 Å². The molecule has 0 aliphatic heterocycles. The van der Waals surface area contributed by atoms with Crippen LogP contribution in [0, 0.1) is 6.92 Å². The Hall–Kier alpha value is -3.08. The monoisotopic (exact) mass is 351 g/mol. The highest BCUT2D eigenvalue weighted by Crippen LogP contribution is 2.24. The van der Waals surface area contributed by atoms with Gasteiger partial charge in [0.2, 0.25) is 0 Å². The van der Waals surface area contributed by atoms with Crippen molar-refractivity contribution in [2.45, 2.75) is 33.3 Å². The van der Waals surface area contributed by atoms with Crippen LogP contribution in [0.15, 0.2) is 57.7 Å². The van der Waals surface area contributed by atoms with Gasteiger partial charge in [0.05, 0.1) is 0 Å². The van der Waals surface area contributed by atoms with Gasteiger partial charge in [0.1, 0.15) is 11.3 Å². The van der Waals surface area contributed by atoms with Crippen molar-refractivity contribution in [1.29, 1.82) is 0 Å². The zero-order chi connectivity index (χ0) is 18.7. The van der Waals surface area contributed by atoms with Crippen molar-refractivity contribution in [2.75, 3.05) is 5.32 Å². The average molecular weight is 351 g/mol. The summed E-state index contributed by atoms with van der Waals surface area (Å²) in [6, 6.07) is 14.3. The van der Waals surface area contributed by atoms with Crippen LogP contribution >= 0.6 is 0 Å². The Kier molecular flexibility index (Phi) is 5.07. The minimum Gasteiger partial charge on any atom is -0.481 e. The van der Waals surface area contributed by atoms with Gasteiger partial charge in [0.15, 0.2) is 6.10 Å². The fourth-order valence-corrected chi connectivity index (χ4v) is 2.80. The second-order valence-electron chi connectivity index (χ2n) is 6.22. The third-order valence-corrected chi connectivity index (χ3v) is 4.15. The number of nitrogens with one attached hydrogen (secondary N) is 1. The van der Waals surface area contributed by atoms with Crippen LogP contribution in [0.2, 0.25) is 0 Å². The molecule has 0 aliphatic rings. The first kappa shape index (κ1) is 17.7. The van der Waals surface area contributed by atoms with E-state index in [0.717, 1.165) is 28.6 Å². The summed E-state index contributed by atoms with van der Waals surface area (Å²) in [4.78, 5) is 24.0. The number of carbonyl (C=O) groups is 1. The first-order valence-corrected chi connectivity index (χ1v) is 8.57. The second-order valence-corrected chi connectivity index (χ2v) is 6.22. The summed E-state index contributed by atoms with van der Waals surface area (Å²) in [5, 5.41) is 3.70. The number of ether oxygens (including phenoxy) is 1. The molecule has 134 valence electrons. The molecule has 3 rings (SSSR count). The number of carbonyl (C=O) groups excluding carboxylic acids is 1. The summed E-state index contributed by atoms with van der Waals surface area (Å²) < 4.78 is 11.0. The van der Waals surface area contributed by atoms with Crippen LogP contribution in [-0.2, 0) is 11.2 Å². The largest absolute Gasteiger partial charge is 0.481 e. The lowest BCUT2D eigenvalue weighted by atomic mass is 10.1. The summed E-state index contributed by atoms with van der Waals surface area (Å²) in [6.07, 6.45) is 0.0338. The molecule has 0 radical (unpaired) electrons. The van der Waals surface area contributed by atoms with E-state index in [-0.39, 0.29) is 5.91 Å². The van der Waals surface area contributed by atoms with Crippen LogP contribution in [0.1, 0.15) is 25.0 Å². The predicted octanol–water partition coefficient (Wildman–Crippen LogP) is 4.07. The molecule has 1 atom stereocenters. The molecule has 0 saturated carbocycles. The van der Waals surface area contributed by atoms with Crippen molar-refractivity contribution in [3.63, 3.8) is 0 Å². The number of fused-ring (bicyclic) bond motifs is 1. The maximum atomic E-state index is 12.3. The lowest BCUT2D eigenvalue weighted by Gasteiger charge is -2.15. The van der Waals surface area contributed by atoms with Crippen LogP contribution < -0.4 is 15.7 Å². The normalized spacial score (nSPS) is 12.0. The molecular formula is C21H21NO4. The minimum absolute atomic E-state index is 0.251. The highest BCUT2D eigenvalue weighted by atomic mass is 16.5. The molecule has 5 heteroatoms. The van der Waals surface area contributed by atoms with Crippen molar-refractivity contribution in [2.24, 2.45) is 0 Å². The maximum absolute atomic E-state index is 12.3. The van der Waals surface area contributed by atoms with Crippen LogP contribution in [0.3, 0.4) is 0 Å². The van der Waals surface area contributed by atoms with Crippen LogP contribution in [0.5, 0.6) is 5.75 Å². The highest BCUT2D eigenvalue weighted by molar-refractivity contribution is 5.94. The first-order valence-electron chi connectivity index (χ1n) is 8.57. The molecule has 0 aliphatic carbocycles. The van der Waals surface area contributed by atoms with Crippen LogP contribution in [-0.4, -0.2) is 12.0 Å². The van der Waals surface area contributed by atoms with E-state index in [2.05, 4.69) is 5.32 Å². The van der Waals surface area contributed by atoms with Crippen molar-refractivity contribution in [3.8, 4) is 5.75 Å². The van der Waals surface area contributed by atoms with Gasteiger partial charge in [-0.1, -0.05) is 19.1 Å². The summed E-state index contributed by atoms with van der Waals surface area (Å²) in [5.74, 6) is 0.222. The third-order valence-electron chi connectivity index (χ3n) is 4.15. The van der Waals surface area contributed by atoms with Gasteiger partial charge in [-0.05, 0) is 55.7 Å². The molecule has 1 heterocycles. The minimum atomic E-state index is -0.700.